The van der Waals surface area contributed by atoms with E-state index in [0.29, 0.717) is 12.5 Å². The Kier molecular flexibility index (Phi) is 5.59. The van der Waals surface area contributed by atoms with E-state index in [9.17, 15) is 5.11 Å². The van der Waals surface area contributed by atoms with Gasteiger partial charge in [-0.1, -0.05) is 12.1 Å². The largest absolute Gasteiger partial charge is 0.497 e. The molecule has 1 fully saturated rings. The minimum Gasteiger partial charge on any atom is -0.497 e. The van der Waals surface area contributed by atoms with Crippen LogP contribution in [0.5, 0.6) is 11.5 Å². The number of hydrogen-bond donors (Lipinski definition) is 1. The van der Waals surface area contributed by atoms with Crippen LogP contribution in [0.4, 0.5) is 5.69 Å². The number of aliphatic hydroxyl groups is 1. The Morgan fingerprint density at radius 1 is 1.04 bits per heavy atom. The van der Waals surface area contributed by atoms with Gasteiger partial charge in [-0.3, -0.25) is 0 Å². The number of aliphatic hydroxyl groups excluding tert-OH is 1. The van der Waals surface area contributed by atoms with Gasteiger partial charge in [-0.05, 0) is 60.7 Å². The first kappa shape index (κ1) is 16.7. The van der Waals surface area contributed by atoms with Gasteiger partial charge in [0.2, 0.25) is 0 Å². The molecule has 1 atom stereocenters. The third-order valence-electron chi connectivity index (χ3n) is 4.54. The third kappa shape index (κ3) is 4.20. The van der Waals surface area contributed by atoms with Crippen LogP contribution in [-0.2, 0) is 6.61 Å². The van der Waals surface area contributed by atoms with Crippen molar-refractivity contribution < 1.29 is 14.6 Å². The standard InChI is InChI=1S/C20H25NO3/c1-23-19-8-4-16(5-9-19)15-24-20-10-6-18(7-11-20)21-12-2-3-17(13-21)14-22/h4-11,17,22H,2-3,12-15H2,1H3. The molecule has 4 heteroatoms. The fourth-order valence-corrected chi connectivity index (χ4v) is 3.09. The third-order valence-corrected chi connectivity index (χ3v) is 4.54. The van der Waals surface area contributed by atoms with Gasteiger partial charge in [0, 0.05) is 25.4 Å². The molecule has 1 heterocycles. The summed E-state index contributed by atoms with van der Waals surface area (Å²) in [6.07, 6.45) is 2.26. The molecule has 0 bridgehead atoms. The first-order valence-electron chi connectivity index (χ1n) is 8.50. The SMILES string of the molecule is COc1ccc(COc2ccc(N3CCCC(CO)C3)cc2)cc1. The van der Waals surface area contributed by atoms with Crippen LogP contribution in [0, 0.1) is 5.92 Å². The lowest BCUT2D eigenvalue weighted by atomic mass is 9.98. The topological polar surface area (TPSA) is 41.9 Å². The molecule has 0 saturated carbocycles. The maximum Gasteiger partial charge on any atom is 0.119 e. The average molecular weight is 327 g/mol. The lowest BCUT2D eigenvalue weighted by Crippen LogP contribution is -2.36. The molecule has 0 aromatic heterocycles. The molecule has 24 heavy (non-hydrogen) atoms. The second-order valence-electron chi connectivity index (χ2n) is 6.27. The quantitative estimate of drug-likeness (QED) is 0.882. The second kappa shape index (κ2) is 8.06. The van der Waals surface area contributed by atoms with Gasteiger partial charge in [0.1, 0.15) is 18.1 Å². The van der Waals surface area contributed by atoms with E-state index >= 15 is 0 Å². The lowest BCUT2D eigenvalue weighted by Gasteiger charge is -2.33. The molecule has 1 saturated heterocycles. The minimum atomic E-state index is 0.277. The van der Waals surface area contributed by atoms with Crippen molar-refractivity contribution in [1.82, 2.24) is 0 Å². The van der Waals surface area contributed by atoms with Gasteiger partial charge < -0.3 is 19.5 Å². The fraction of sp³-hybridized carbons (Fsp3) is 0.400. The number of hydrogen-bond acceptors (Lipinski definition) is 4. The molecule has 0 amide bonds. The average Bonchev–Trinajstić information content (AvgIpc) is 2.67. The number of methoxy groups -OCH3 is 1. The number of anilines is 1. The van der Waals surface area contributed by atoms with Gasteiger partial charge in [-0.15, -0.1) is 0 Å². The maximum absolute atomic E-state index is 9.36. The molecule has 128 valence electrons. The fourth-order valence-electron chi connectivity index (χ4n) is 3.09. The van der Waals surface area contributed by atoms with E-state index in [1.807, 2.05) is 36.4 Å². The van der Waals surface area contributed by atoms with E-state index in [4.69, 9.17) is 9.47 Å². The van der Waals surface area contributed by atoms with Gasteiger partial charge >= 0.3 is 0 Å². The summed E-state index contributed by atoms with van der Waals surface area (Å²) >= 11 is 0. The molecule has 3 rings (SSSR count). The van der Waals surface area contributed by atoms with Crippen LogP contribution in [0.15, 0.2) is 48.5 Å². The first-order chi connectivity index (χ1) is 11.8. The van der Waals surface area contributed by atoms with Crippen LogP contribution in [0.2, 0.25) is 0 Å². The normalized spacial score (nSPS) is 17.6. The monoisotopic (exact) mass is 327 g/mol. The Balaban J connectivity index is 1.56. The Morgan fingerprint density at radius 2 is 1.75 bits per heavy atom. The number of rotatable bonds is 6. The summed E-state index contributed by atoms with van der Waals surface area (Å²) in [6.45, 7) is 2.81. The van der Waals surface area contributed by atoms with Crippen molar-refractivity contribution in [1.29, 1.82) is 0 Å². The molecule has 4 nitrogen and oxygen atoms in total. The molecule has 2 aromatic carbocycles. The molecule has 0 aliphatic carbocycles. The van der Waals surface area contributed by atoms with Crippen LogP contribution in [-0.4, -0.2) is 31.9 Å². The van der Waals surface area contributed by atoms with E-state index in [1.54, 1.807) is 7.11 Å². The molecular formula is C20H25NO3. The lowest BCUT2D eigenvalue weighted by molar-refractivity contribution is 0.208. The van der Waals surface area contributed by atoms with Crippen LogP contribution in [0.1, 0.15) is 18.4 Å². The van der Waals surface area contributed by atoms with Gasteiger partial charge in [0.15, 0.2) is 0 Å². The van der Waals surface area contributed by atoms with E-state index in [-0.39, 0.29) is 6.61 Å². The van der Waals surface area contributed by atoms with Crippen LogP contribution >= 0.6 is 0 Å². The smallest absolute Gasteiger partial charge is 0.119 e. The van der Waals surface area contributed by atoms with Crippen LogP contribution in [0.25, 0.3) is 0 Å². The Bertz CT molecular complexity index is 624. The van der Waals surface area contributed by atoms with Crippen molar-refractivity contribution in [3.63, 3.8) is 0 Å². The number of piperidine rings is 1. The highest BCUT2D eigenvalue weighted by molar-refractivity contribution is 5.49. The minimum absolute atomic E-state index is 0.277. The predicted molar refractivity (Wildman–Crippen MR) is 95.8 cm³/mol. The summed E-state index contributed by atoms with van der Waals surface area (Å²) < 4.78 is 11.0. The van der Waals surface area contributed by atoms with E-state index < -0.39 is 0 Å². The van der Waals surface area contributed by atoms with E-state index in [0.717, 1.165) is 43.0 Å². The van der Waals surface area contributed by atoms with Crippen LogP contribution in [0.3, 0.4) is 0 Å². The van der Waals surface area contributed by atoms with E-state index in [2.05, 4.69) is 17.0 Å². The van der Waals surface area contributed by atoms with Crippen molar-refractivity contribution in [2.45, 2.75) is 19.4 Å². The summed E-state index contributed by atoms with van der Waals surface area (Å²) in [5, 5.41) is 9.36. The van der Waals surface area contributed by atoms with Gasteiger partial charge in [-0.25, -0.2) is 0 Å². The predicted octanol–water partition coefficient (Wildman–Crippen LogP) is 3.48. The highest BCUT2D eigenvalue weighted by Gasteiger charge is 2.19. The van der Waals surface area contributed by atoms with E-state index in [1.165, 1.54) is 5.69 Å². The second-order valence-corrected chi connectivity index (χ2v) is 6.27. The van der Waals surface area contributed by atoms with Gasteiger partial charge in [0.05, 0.1) is 7.11 Å². The number of benzene rings is 2. The highest BCUT2D eigenvalue weighted by Crippen LogP contribution is 2.25. The molecule has 1 aliphatic heterocycles. The molecular weight excluding hydrogens is 302 g/mol. The van der Waals surface area contributed by atoms with Crippen molar-refractivity contribution in [3.8, 4) is 11.5 Å². The van der Waals surface area contributed by atoms with Crippen molar-refractivity contribution in [2.75, 3.05) is 31.7 Å². The number of nitrogens with zero attached hydrogens (tertiary/aromatic N) is 1. The highest BCUT2D eigenvalue weighted by atomic mass is 16.5. The summed E-state index contributed by atoms with van der Waals surface area (Å²) in [5.74, 6) is 2.11. The number of ether oxygens (including phenoxy) is 2. The Hall–Kier alpha value is -2.20. The zero-order chi connectivity index (χ0) is 16.8. The maximum atomic E-state index is 9.36. The Labute approximate surface area is 143 Å². The molecule has 1 aliphatic rings. The summed E-state index contributed by atoms with van der Waals surface area (Å²) in [7, 11) is 1.66. The molecule has 0 radical (unpaired) electrons. The zero-order valence-corrected chi connectivity index (χ0v) is 14.1. The van der Waals surface area contributed by atoms with Crippen molar-refractivity contribution in [2.24, 2.45) is 5.92 Å². The summed E-state index contributed by atoms with van der Waals surface area (Å²) in [6, 6.07) is 16.1. The summed E-state index contributed by atoms with van der Waals surface area (Å²) in [5.41, 5.74) is 2.31. The van der Waals surface area contributed by atoms with Gasteiger partial charge in [-0.2, -0.15) is 0 Å². The molecule has 1 N–H and O–H groups in total. The molecule has 0 spiro atoms. The Morgan fingerprint density at radius 3 is 2.42 bits per heavy atom. The first-order valence-corrected chi connectivity index (χ1v) is 8.50. The van der Waals surface area contributed by atoms with Crippen molar-refractivity contribution >= 4 is 5.69 Å². The van der Waals surface area contributed by atoms with Crippen molar-refractivity contribution in [3.05, 3.63) is 54.1 Å². The molecule has 1 unspecified atom stereocenters. The zero-order valence-electron chi connectivity index (χ0n) is 14.1. The van der Waals surface area contributed by atoms with Crippen LogP contribution < -0.4 is 14.4 Å². The van der Waals surface area contributed by atoms with Gasteiger partial charge in [0.25, 0.3) is 0 Å². The summed E-state index contributed by atoms with van der Waals surface area (Å²) in [4.78, 5) is 2.34. The molecule has 2 aromatic rings.